The number of nitrogens with one attached hydrogen (secondary N) is 1. The summed E-state index contributed by atoms with van der Waals surface area (Å²) in [6, 6.07) is 9.27. The van der Waals surface area contributed by atoms with E-state index in [0.29, 0.717) is 22.6 Å². The van der Waals surface area contributed by atoms with Crippen LogP contribution in [0.4, 0.5) is 5.69 Å². The van der Waals surface area contributed by atoms with Crippen LogP contribution >= 0.6 is 11.3 Å². The molecule has 1 fully saturated rings. The molecule has 1 N–H and O–H groups in total. The molecule has 0 unspecified atom stereocenters. The zero-order valence-electron chi connectivity index (χ0n) is 14.9. The number of anilines is 1. The number of rotatable bonds is 7. The van der Waals surface area contributed by atoms with E-state index in [1.807, 2.05) is 0 Å². The lowest BCUT2D eigenvalue weighted by molar-refractivity contribution is 0.0526. The van der Waals surface area contributed by atoms with Crippen LogP contribution in [0.3, 0.4) is 0 Å². The number of hydrogen-bond acceptors (Lipinski definition) is 8. The van der Waals surface area contributed by atoms with E-state index in [0.717, 1.165) is 24.2 Å². The van der Waals surface area contributed by atoms with Crippen LogP contribution in [0.1, 0.15) is 41.9 Å². The van der Waals surface area contributed by atoms with Gasteiger partial charge in [0.1, 0.15) is 4.21 Å². The third-order valence-electron chi connectivity index (χ3n) is 4.05. The number of benzene rings is 1. The Bertz CT molecular complexity index is 1120. The number of esters is 1. The quantitative estimate of drug-likeness (QED) is 0.582. The summed E-state index contributed by atoms with van der Waals surface area (Å²) < 4.78 is 38.5. The number of thiophene rings is 1. The topological polar surface area (TPSA) is 111 Å². The van der Waals surface area contributed by atoms with Crippen LogP contribution in [-0.2, 0) is 14.8 Å². The van der Waals surface area contributed by atoms with Gasteiger partial charge in [0.15, 0.2) is 0 Å². The van der Waals surface area contributed by atoms with Crippen LogP contribution in [0.2, 0.25) is 0 Å². The van der Waals surface area contributed by atoms with Crippen molar-refractivity contribution < 1.29 is 22.4 Å². The van der Waals surface area contributed by atoms with Gasteiger partial charge in [-0.25, -0.2) is 13.2 Å². The van der Waals surface area contributed by atoms with Gasteiger partial charge in [-0.05, 0) is 50.1 Å². The predicted octanol–water partition coefficient (Wildman–Crippen LogP) is 3.65. The van der Waals surface area contributed by atoms with E-state index in [2.05, 4.69) is 14.9 Å². The number of aromatic nitrogens is 2. The molecule has 0 radical (unpaired) electrons. The maximum Gasteiger partial charge on any atom is 0.338 e. The fourth-order valence-corrected chi connectivity index (χ4v) is 4.82. The monoisotopic (exact) mass is 419 g/mol. The molecule has 1 aliphatic rings. The van der Waals surface area contributed by atoms with Gasteiger partial charge in [-0.1, -0.05) is 6.07 Å². The second kappa shape index (κ2) is 7.36. The Hall–Kier alpha value is -2.72. The lowest BCUT2D eigenvalue weighted by Crippen LogP contribution is -2.12. The highest BCUT2D eigenvalue weighted by atomic mass is 32.2. The molecule has 1 saturated carbocycles. The van der Waals surface area contributed by atoms with Crippen LogP contribution in [0.25, 0.3) is 10.8 Å². The molecular weight excluding hydrogens is 402 g/mol. The van der Waals surface area contributed by atoms with Gasteiger partial charge in [-0.2, -0.15) is 0 Å². The summed E-state index contributed by atoms with van der Waals surface area (Å²) in [6.45, 7) is 1.95. The minimum absolute atomic E-state index is 0.107. The van der Waals surface area contributed by atoms with Crippen molar-refractivity contribution in [2.45, 2.75) is 29.9 Å². The molecule has 10 heteroatoms. The van der Waals surface area contributed by atoms with Gasteiger partial charge >= 0.3 is 5.97 Å². The lowest BCUT2D eigenvalue weighted by Gasteiger charge is -2.08. The van der Waals surface area contributed by atoms with Crippen molar-refractivity contribution >= 4 is 33.0 Å². The van der Waals surface area contributed by atoms with Gasteiger partial charge in [0.25, 0.3) is 15.9 Å². The summed E-state index contributed by atoms with van der Waals surface area (Å²) in [7, 11) is -3.83. The molecule has 0 saturated heterocycles. The van der Waals surface area contributed by atoms with E-state index in [4.69, 9.17) is 9.15 Å². The molecule has 0 atom stereocenters. The van der Waals surface area contributed by atoms with Crippen molar-refractivity contribution in [3.05, 3.63) is 47.9 Å². The Morgan fingerprint density at radius 1 is 1.29 bits per heavy atom. The first-order chi connectivity index (χ1) is 13.5. The molecule has 0 amide bonds. The standard InChI is InChI=1S/C18H17N3O5S2/c1-2-25-18(22)12-4-3-5-13(10-12)21-28(23,24)15-9-8-14(27-15)17-20-19-16(26-17)11-6-7-11/h3-5,8-11,21H,2,6-7H2,1H3. The Labute approximate surface area is 165 Å². The van der Waals surface area contributed by atoms with E-state index in [1.54, 1.807) is 31.2 Å². The smallest absolute Gasteiger partial charge is 0.338 e. The molecule has 0 aliphatic heterocycles. The second-order valence-corrected chi connectivity index (χ2v) is 9.24. The van der Waals surface area contributed by atoms with Crippen LogP contribution < -0.4 is 4.72 Å². The molecule has 4 rings (SSSR count). The number of carbonyl (C=O) groups is 1. The van der Waals surface area contributed by atoms with Crippen LogP contribution in [-0.4, -0.2) is 31.2 Å². The Morgan fingerprint density at radius 3 is 2.86 bits per heavy atom. The zero-order chi connectivity index (χ0) is 19.7. The number of nitrogens with zero attached hydrogens (tertiary/aromatic N) is 2. The molecule has 3 aromatic rings. The van der Waals surface area contributed by atoms with Crippen molar-refractivity contribution in [3.8, 4) is 10.8 Å². The van der Waals surface area contributed by atoms with Gasteiger partial charge in [0.2, 0.25) is 5.89 Å². The average Bonchev–Trinajstić information content (AvgIpc) is 3.19. The molecular formula is C18H17N3O5S2. The molecule has 146 valence electrons. The van der Waals surface area contributed by atoms with E-state index >= 15 is 0 Å². The molecule has 1 aromatic carbocycles. The van der Waals surface area contributed by atoms with Gasteiger partial charge in [-0.3, -0.25) is 4.72 Å². The highest BCUT2D eigenvalue weighted by Gasteiger charge is 2.30. The average molecular weight is 419 g/mol. The fourth-order valence-electron chi connectivity index (χ4n) is 2.54. The Morgan fingerprint density at radius 2 is 2.11 bits per heavy atom. The Kier molecular flexibility index (Phi) is 4.90. The van der Waals surface area contributed by atoms with Gasteiger partial charge in [-0.15, -0.1) is 21.5 Å². The van der Waals surface area contributed by atoms with Crippen LogP contribution in [0, 0.1) is 0 Å². The number of hydrogen-bond donors (Lipinski definition) is 1. The third kappa shape index (κ3) is 3.92. The van der Waals surface area contributed by atoms with Gasteiger partial charge in [0, 0.05) is 11.6 Å². The lowest BCUT2D eigenvalue weighted by atomic mass is 10.2. The van der Waals surface area contributed by atoms with Crippen molar-refractivity contribution in [3.63, 3.8) is 0 Å². The Balaban J connectivity index is 1.53. The molecule has 28 heavy (non-hydrogen) atoms. The molecule has 2 aromatic heterocycles. The number of sulfonamides is 1. The zero-order valence-corrected chi connectivity index (χ0v) is 16.5. The summed E-state index contributed by atoms with van der Waals surface area (Å²) in [6.07, 6.45) is 2.08. The summed E-state index contributed by atoms with van der Waals surface area (Å²) in [5.41, 5.74) is 0.543. The number of ether oxygens (including phenoxy) is 1. The SMILES string of the molecule is CCOC(=O)c1cccc(NS(=O)(=O)c2ccc(-c3nnc(C4CC4)o3)s2)c1. The second-order valence-electron chi connectivity index (χ2n) is 6.25. The normalized spacial score (nSPS) is 14.0. The molecule has 1 aliphatic carbocycles. The van der Waals surface area contributed by atoms with Crippen molar-refractivity contribution in [1.82, 2.24) is 10.2 Å². The summed E-state index contributed by atoms with van der Waals surface area (Å²) in [4.78, 5) is 12.4. The summed E-state index contributed by atoms with van der Waals surface area (Å²) in [5.74, 6) is 0.738. The van der Waals surface area contributed by atoms with E-state index < -0.39 is 16.0 Å². The van der Waals surface area contributed by atoms with Gasteiger partial charge < -0.3 is 9.15 Å². The highest BCUT2D eigenvalue weighted by molar-refractivity contribution is 7.94. The molecule has 8 nitrogen and oxygen atoms in total. The van der Waals surface area contributed by atoms with Crippen molar-refractivity contribution in [1.29, 1.82) is 0 Å². The van der Waals surface area contributed by atoms with E-state index in [-0.39, 0.29) is 22.1 Å². The molecule has 0 spiro atoms. The predicted molar refractivity (Wildman–Crippen MR) is 103 cm³/mol. The molecule has 2 heterocycles. The summed E-state index contributed by atoms with van der Waals surface area (Å²) in [5, 5.41) is 8.02. The minimum atomic E-state index is -3.83. The van der Waals surface area contributed by atoms with Crippen LogP contribution in [0.15, 0.2) is 45.0 Å². The molecule has 0 bridgehead atoms. The first kappa shape index (κ1) is 18.6. The highest BCUT2D eigenvalue weighted by Crippen LogP contribution is 2.40. The van der Waals surface area contributed by atoms with Crippen LogP contribution in [0.5, 0.6) is 0 Å². The maximum atomic E-state index is 12.7. The van der Waals surface area contributed by atoms with Crippen molar-refractivity contribution in [2.24, 2.45) is 0 Å². The van der Waals surface area contributed by atoms with Gasteiger partial charge in [0.05, 0.1) is 17.0 Å². The largest absolute Gasteiger partial charge is 0.462 e. The summed E-state index contributed by atoms with van der Waals surface area (Å²) >= 11 is 1.04. The first-order valence-corrected chi connectivity index (χ1v) is 11.0. The maximum absolute atomic E-state index is 12.7. The third-order valence-corrected chi connectivity index (χ3v) is 7.00. The number of carbonyl (C=O) groups excluding carboxylic acids is 1. The van der Waals surface area contributed by atoms with Crippen molar-refractivity contribution in [2.75, 3.05) is 11.3 Å². The minimum Gasteiger partial charge on any atom is -0.462 e. The van der Waals surface area contributed by atoms with E-state index in [9.17, 15) is 13.2 Å². The fraction of sp³-hybridized carbons (Fsp3) is 0.278. The van der Waals surface area contributed by atoms with E-state index in [1.165, 1.54) is 12.1 Å². The first-order valence-electron chi connectivity index (χ1n) is 8.70.